The minimum absolute atomic E-state index is 0.0871. The Morgan fingerprint density at radius 1 is 1.50 bits per heavy atom. The lowest BCUT2D eigenvalue weighted by Crippen LogP contribution is -2.43. The molecule has 1 amide bonds. The molecule has 5 heteroatoms. The monoisotopic (exact) mass is 248 g/mol. The van der Waals surface area contributed by atoms with E-state index in [1.807, 2.05) is 27.1 Å². The molecular formula is C13H20N4O. The van der Waals surface area contributed by atoms with Crippen LogP contribution in [0.1, 0.15) is 18.7 Å². The number of piperidine rings is 1. The number of aromatic nitrogens is 2. The molecule has 1 aliphatic rings. The molecule has 1 fully saturated rings. The molecule has 2 rings (SSSR count). The third-order valence-corrected chi connectivity index (χ3v) is 3.30. The molecule has 0 spiro atoms. The van der Waals surface area contributed by atoms with Crippen molar-refractivity contribution in [2.24, 2.45) is 5.92 Å². The van der Waals surface area contributed by atoms with Crippen molar-refractivity contribution in [2.45, 2.75) is 19.8 Å². The van der Waals surface area contributed by atoms with Crippen molar-refractivity contribution >= 4 is 11.7 Å². The van der Waals surface area contributed by atoms with E-state index >= 15 is 0 Å². The van der Waals surface area contributed by atoms with E-state index in [1.165, 1.54) is 0 Å². The van der Waals surface area contributed by atoms with E-state index in [1.54, 1.807) is 11.1 Å². The van der Waals surface area contributed by atoms with E-state index in [0.29, 0.717) is 0 Å². The first kappa shape index (κ1) is 12.8. The predicted molar refractivity (Wildman–Crippen MR) is 70.4 cm³/mol. The molecule has 0 radical (unpaired) electrons. The molecule has 1 saturated heterocycles. The van der Waals surface area contributed by atoms with E-state index in [4.69, 9.17) is 0 Å². The van der Waals surface area contributed by atoms with Gasteiger partial charge in [0.15, 0.2) is 0 Å². The standard InChI is InChI=1S/C13H20N4O/c1-10-14-7-6-12(15-10)17-8-4-5-11(9-17)13(18)16(2)3/h6-7,11H,4-5,8-9H2,1-3H3. The van der Waals surface area contributed by atoms with Crippen LogP contribution in [0.5, 0.6) is 0 Å². The number of carbonyl (C=O) groups is 1. The fraction of sp³-hybridized carbons (Fsp3) is 0.615. The van der Waals surface area contributed by atoms with E-state index in [0.717, 1.165) is 37.6 Å². The van der Waals surface area contributed by atoms with Gasteiger partial charge < -0.3 is 9.80 Å². The van der Waals surface area contributed by atoms with Gasteiger partial charge in [-0.25, -0.2) is 9.97 Å². The smallest absolute Gasteiger partial charge is 0.226 e. The third-order valence-electron chi connectivity index (χ3n) is 3.30. The Bertz CT molecular complexity index is 433. The summed E-state index contributed by atoms with van der Waals surface area (Å²) in [7, 11) is 3.63. The number of amides is 1. The maximum Gasteiger partial charge on any atom is 0.226 e. The Morgan fingerprint density at radius 3 is 2.94 bits per heavy atom. The lowest BCUT2D eigenvalue weighted by molar-refractivity contribution is -0.133. The largest absolute Gasteiger partial charge is 0.356 e. The lowest BCUT2D eigenvalue weighted by atomic mass is 9.97. The van der Waals surface area contributed by atoms with Gasteiger partial charge >= 0.3 is 0 Å². The fourth-order valence-corrected chi connectivity index (χ4v) is 2.37. The first-order valence-electron chi connectivity index (χ1n) is 6.33. The molecule has 0 aliphatic carbocycles. The van der Waals surface area contributed by atoms with Crippen molar-refractivity contribution in [3.63, 3.8) is 0 Å². The summed E-state index contributed by atoms with van der Waals surface area (Å²) in [6.07, 6.45) is 3.78. The zero-order chi connectivity index (χ0) is 13.1. The molecule has 1 aromatic rings. The molecule has 0 aromatic carbocycles. The van der Waals surface area contributed by atoms with E-state index in [-0.39, 0.29) is 11.8 Å². The van der Waals surface area contributed by atoms with Gasteiger partial charge in [-0.3, -0.25) is 4.79 Å². The summed E-state index contributed by atoms with van der Waals surface area (Å²) in [4.78, 5) is 24.4. The number of rotatable bonds is 2. The molecule has 1 atom stereocenters. The van der Waals surface area contributed by atoms with Crippen LogP contribution in [0.15, 0.2) is 12.3 Å². The second-order valence-electron chi connectivity index (χ2n) is 4.98. The highest BCUT2D eigenvalue weighted by atomic mass is 16.2. The molecule has 98 valence electrons. The van der Waals surface area contributed by atoms with Crippen LogP contribution in [0.4, 0.5) is 5.82 Å². The zero-order valence-corrected chi connectivity index (χ0v) is 11.3. The highest BCUT2D eigenvalue weighted by molar-refractivity contribution is 5.79. The molecule has 5 nitrogen and oxygen atoms in total. The zero-order valence-electron chi connectivity index (χ0n) is 11.3. The third kappa shape index (κ3) is 2.78. The molecular weight excluding hydrogens is 228 g/mol. The molecule has 1 aromatic heterocycles. The minimum atomic E-state index is 0.0871. The van der Waals surface area contributed by atoms with Crippen LogP contribution in [0.2, 0.25) is 0 Å². The van der Waals surface area contributed by atoms with Gasteiger partial charge in [0.2, 0.25) is 5.91 Å². The lowest BCUT2D eigenvalue weighted by Gasteiger charge is -2.33. The highest BCUT2D eigenvalue weighted by Gasteiger charge is 2.27. The Labute approximate surface area is 108 Å². The average molecular weight is 248 g/mol. The van der Waals surface area contributed by atoms with Gasteiger partial charge in [0.05, 0.1) is 5.92 Å². The van der Waals surface area contributed by atoms with Crippen molar-refractivity contribution < 1.29 is 4.79 Å². The number of anilines is 1. The summed E-state index contributed by atoms with van der Waals surface area (Å²) in [6.45, 7) is 3.61. The molecule has 2 heterocycles. The van der Waals surface area contributed by atoms with Crippen molar-refractivity contribution in [3.05, 3.63) is 18.1 Å². The summed E-state index contributed by atoms with van der Waals surface area (Å²) in [5, 5.41) is 0. The summed E-state index contributed by atoms with van der Waals surface area (Å²) in [6, 6.07) is 1.91. The maximum atomic E-state index is 12.0. The van der Waals surface area contributed by atoms with Gasteiger partial charge in [0, 0.05) is 33.4 Å². The van der Waals surface area contributed by atoms with E-state index < -0.39 is 0 Å². The number of nitrogens with zero attached hydrogens (tertiary/aromatic N) is 4. The SMILES string of the molecule is Cc1nccc(N2CCCC(C(=O)N(C)C)C2)n1. The van der Waals surface area contributed by atoms with Crippen molar-refractivity contribution in [1.82, 2.24) is 14.9 Å². The number of carbonyl (C=O) groups excluding carboxylic acids is 1. The van der Waals surface area contributed by atoms with Crippen LogP contribution < -0.4 is 4.90 Å². The number of hydrogen-bond acceptors (Lipinski definition) is 4. The average Bonchev–Trinajstić information content (AvgIpc) is 2.38. The molecule has 0 bridgehead atoms. The van der Waals surface area contributed by atoms with E-state index in [2.05, 4.69) is 14.9 Å². The molecule has 0 saturated carbocycles. The van der Waals surface area contributed by atoms with Gasteiger partial charge in [0.25, 0.3) is 0 Å². The van der Waals surface area contributed by atoms with Crippen LogP contribution in [0.3, 0.4) is 0 Å². The van der Waals surface area contributed by atoms with Crippen molar-refractivity contribution in [3.8, 4) is 0 Å². The van der Waals surface area contributed by atoms with Gasteiger partial charge in [-0.1, -0.05) is 0 Å². The second kappa shape index (κ2) is 5.33. The molecule has 0 N–H and O–H groups in total. The number of aryl methyl sites for hydroxylation is 1. The minimum Gasteiger partial charge on any atom is -0.356 e. The van der Waals surface area contributed by atoms with Crippen molar-refractivity contribution in [2.75, 3.05) is 32.1 Å². The van der Waals surface area contributed by atoms with Crippen LogP contribution in [-0.4, -0.2) is 48.0 Å². The molecule has 1 aliphatic heterocycles. The Hall–Kier alpha value is -1.65. The maximum absolute atomic E-state index is 12.0. The Kier molecular flexibility index (Phi) is 3.79. The Morgan fingerprint density at radius 2 is 2.28 bits per heavy atom. The predicted octanol–water partition coefficient (Wildman–Crippen LogP) is 1.09. The van der Waals surface area contributed by atoms with Gasteiger partial charge in [-0.05, 0) is 25.8 Å². The topological polar surface area (TPSA) is 49.3 Å². The quantitative estimate of drug-likeness (QED) is 0.786. The van der Waals surface area contributed by atoms with Crippen molar-refractivity contribution in [1.29, 1.82) is 0 Å². The summed E-state index contributed by atoms with van der Waals surface area (Å²) in [5.41, 5.74) is 0. The normalized spacial score (nSPS) is 19.7. The van der Waals surface area contributed by atoms with Crippen LogP contribution in [0.25, 0.3) is 0 Å². The van der Waals surface area contributed by atoms with Gasteiger partial charge in [-0.15, -0.1) is 0 Å². The van der Waals surface area contributed by atoms with Crippen LogP contribution in [0, 0.1) is 12.8 Å². The second-order valence-corrected chi connectivity index (χ2v) is 4.98. The number of hydrogen-bond donors (Lipinski definition) is 0. The van der Waals surface area contributed by atoms with Gasteiger partial charge in [-0.2, -0.15) is 0 Å². The first-order valence-corrected chi connectivity index (χ1v) is 6.33. The summed E-state index contributed by atoms with van der Waals surface area (Å²) >= 11 is 0. The van der Waals surface area contributed by atoms with Crippen LogP contribution >= 0.6 is 0 Å². The van der Waals surface area contributed by atoms with Crippen LogP contribution in [-0.2, 0) is 4.79 Å². The molecule has 1 unspecified atom stereocenters. The van der Waals surface area contributed by atoms with Gasteiger partial charge in [0.1, 0.15) is 11.6 Å². The Balaban J connectivity index is 2.09. The first-order chi connectivity index (χ1) is 8.58. The molecule has 18 heavy (non-hydrogen) atoms. The fourth-order valence-electron chi connectivity index (χ4n) is 2.37. The highest BCUT2D eigenvalue weighted by Crippen LogP contribution is 2.22. The van der Waals surface area contributed by atoms with E-state index in [9.17, 15) is 4.79 Å². The summed E-state index contributed by atoms with van der Waals surface area (Å²) in [5.74, 6) is 2.00. The summed E-state index contributed by atoms with van der Waals surface area (Å²) < 4.78 is 0.